The number of hydrogen-bond acceptors (Lipinski definition) is 4. The van der Waals surface area contributed by atoms with Gasteiger partial charge >= 0.3 is 44.7 Å². The van der Waals surface area contributed by atoms with Crippen molar-refractivity contribution < 1.29 is 33.8 Å². The second-order valence-corrected chi connectivity index (χ2v) is 7.65. The summed E-state index contributed by atoms with van der Waals surface area (Å²) in [6.45, 7) is 2.29. The summed E-state index contributed by atoms with van der Waals surface area (Å²) in [5, 5.41) is 11.7. The topological polar surface area (TPSA) is 147 Å². The van der Waals surface area contributed by atoms with Crippen molar-refractivity contribution in [1.29, 1.82) is 0 Å². The average molecular weight is 329 g/mol. The van der Waals surface area contributed by atoms with Crippen LogP contribution in [-0.4, -0.2) is 72.4 Å². The van der Waals surface area contributed by atoms with Gasteiger partial charge in [0.2, 0.25) is 0 Å². The van der Waals surface area contributed by atoms with E-state index in [1.807, 2.05) is 6.92 Å². The van der Waals surface area contributed by atoms with Crippen molar-refractivity contribution in [2.45, 2.75) is 44.2 Å². The third kappa shape index (κ3) is 10.6. The Morgan fingerprint density at radius 2 is 1.58 bits per heavy atom. The van der Waals surface area contributed by atoms with Crippen LogP contribution in [0.5, 0.6) is 0 Å². The van der Waals surface area contributed by atoms with Crippen LogP contribution in [0.2, 0.25) is 0 Å². The van der Waals surface area contributed by atoms with Crippen LogP contribution in [0.15, 0.2) is 0 Å². The summed E-state index contributed by atoms with van der Waals surface area (Å²) in [6, 6.07) is 0. The Labute approximate surface area is 134 Å². The second-order valence-electron chi connectivity index (χ2n) is 4.07. The van der Waals surface area contributed by atoms with Gasteiger partial charge in [-0.05, 0) is 13.0 Å². The molecule has 19 heavy (non-hydrogen) atoms. The van der Waals surface area contributed by atoms with Crippen LogP contribution in [0.1, 0.15) is 32.6 Å². The van der Waals surface area contributed by atoms with Gasteiger partial charge in [0.05, 0.1) is 0 Å². The van der Waals surface area contributed by atoms with Crippen LogP contribution in [0.4, 0.5) is 0 Å². The predicted octanol–water partition coefficient (Wildman–Crippen LogP) is -0.492. The van der Waals surface area contributed by atoms with E-state index < -0.39 is 33.2 Å². The molecule has 6 N–H and O–H groups in total. The number of aliphatic hydroxyl groups excluding tert-OH is 1. The third-order valence-corrected chi connectivity index (χ3v) is 4.58. The van der Waals surface area contributed by atoms with Crippen LogP contribution in [-0.2, 0) is 9.13 Å². The molecule has 0 rings (SSSR count). The SMILES string of the molecule is CCCCCNC(CC(O)P(=O)(O)O)P(=O)(O)O.[NaH]. The van der Waals surface area contributed by atoms with E-state index in [1.54, 1.807) is 0 Å². The molecule has 0 heterocycles. The zero-order valence-corrected chi connectivity index (χ0v) is 11.9. The Balaban J connectivity index is 0. The van der Waals surface area contributed by atoms with Gasteiger partial charge in [0.15, 0.2) is 5.85 Å². The van der Waals surface area contributed by atoms with Gasteiger partial charge in [-0.25, -0.2) is 0 Å². The Kier molecular flexibility index (Phi) is 11.9. The van der Waals surface area contributed by atoms with Crippen molar-refractivity contribution in [2.75, 3.05) is 6.54 Å². The molecule has 0 amide bonds. The fourth-order valence-corrected chi connectivity index (χ4v) is 2.81. The van der Waals surface area contributed by atoms with E-state index in [9.17, 15) is 14.2 Å². The summed E-state index contributed by atoms with van der Waals surface area (Å²) in [7, 11) is -9.32. The zero-order chi connectivity index (χ0) is 14.4. The number of unbranched alkanes of at least 4 members (excludes halogenated alkanes) is 2. The van der Waals surface area contributed by atoms with Gasteiger partial charge < -0.3 is 30.0 Å². The van der Waals surface area contributed by atoms with Gasteiger partial charge in [0.1, 0.15) is 5.78 Å². The fourth-order valence-electron chi connectivity index (χ4n) is 1.32. The summed E-state index contributed by atoms with van der Waals surface area (Å²) >= 11 is 0. The molecule has 0 aromatic heterocycles. The molecule has 8 nitrogen and oxygen atoms in total. The Morgan fingerprint density at radius 3 is 1.95 bits per heavy atom. The van der Waals surface area contributed by atoms with E-state index in [2.05, 4.69) is 5.32 Å². The number of rotatable bonds is 9. The van der Waals surface area contributed by atoms with Crippen molar-refractivity contribution in [3.63, 3.8) is 0 Å². The first kappa shape index (κ1) is 22.5. The monoisotopic (exact) mass is 329 g/mol. The second kappa shape index (κ2) is 10.0. The van der Waals surface area contributed by atoms with Crippen molar-refractivity contribution >= 4 is 44.7 Å². The predicted molar refractivity (Wildman–Crippen MR) is 73.2 cm³/mol. The summed E-state index contributed by atoms with van der Waals surface area (Å²) in [5.41, 5.74) is 0. The molecule has 112 valence electrons. The molecule has 0 aliphatic heterocycles. The molecule has 11 heteroatoms. The molecule has 0 spiro atoms. The summed E-state index contributed by atoms with van der Waals surface area (Å²) in [4.78, 5) is 35.4. The van der Waals surface area contributed by atoms with Gasteiger partial charge in [-0.2, -0.15) is 0 Å². The average Bonchev–Trinajstić information content (AvgIpc) is 2.19. The van der Waals surface area contributed by atoms with E-state index in [1.165, 1.54) is 0 Å². The summed E-state index contributed by atoms with van der Waals surface area (Å²) in [6.07, 6.45) is 1.81. The molecule has 2 atom stereocenters. The van der Waals surface area contributed by atoms with Crippen LogP contribution in [0.25, 0.3) is 0 Å². The van der Waals surface area contributed by atoms with Crippen molar-refractivity contribution in [3.8, 4) is 0 Å². The molecular weight excluding hydrogens is 307 g/mol. The Morgan fingerprint density at radius 1 is 1.05 bits per heavy atom. The van der Waals surface area contributed by atoms with Crippen molar-refractivity contribution in [1.82, 2.24) is 5.32 Å². The first-order valence-electron chi connectivity index (χ1n) is 5.61. The van der Waals surface area contributed by atoms with E-state index >= 15 is 0 Å². The van der Waals surface area contributed by atoms with Crippen LogP contribution in [0.3, 0.4) is 0 Å². The molecule has 0 aliphatic rings. The fraction of sp³-hybridized carbons (Fsp3) is 1.00. The van der Waals surface area contributed by atoms with Crippen molar-refractivity contribution in [2.24, 2.45) is 0 Å². The molecule has 2 unspecified atom stereocenters. The van der Waals surface area contributed by atoms with E-state index in [-0.39, 0.29) is 29.6 Å². The molecule has 0 radical (unpaired) electrons. The normalized spacial score (nSPS) is 15.7. The maximum absolute atomic E-state index is 11.1. The summed E-state index contributed by atoms with van der Waals surface area (Å²) < 4.78 is 21.9. The molecule has 0 fully saturated rings. The van der Waals surface area contributed by atoms with Crippen LogP contribution < -0.4 is 5.32 Å². The molecular formula is C8H22NNaO7P2. The van der Waals surface area contributed by atoms with Gasteiger partial charge in [-0.1, -0.05) is 19.8 Å². The van der Waals surface area contributed by atoms with E-state index in [0.29, 0.717) is 13.0 Å². The number of aliphatic hydroxyl groups is 1. The Bertz CT molecular complexity index is 331. The minimum absolute atomic E-state index is 0. The standard InChI is InChI=1S/C8H21NO7P2.Na.H/c1-2-3-4-5-9-7(17(11,12)13)6-8(10)18(14,15)16;;/h7-10H,2-6H2,1H3,(H2,11,12,13)(H2,14,15,16);;. The quantitative estimate of drug-likeness (QED) is 0.189. The van der Waals surface area contributed by atoms with Gasteiger partial charge in [0.25, 0.3) is 0 Å². The van der Waals surface area contributed by atoms with E-state index in [0.717, 1.165) is 12.8 Å². The van der Waals surface area contributed by atoms with Crippen molar-refractivity contribution in [3.05, 3.63) is 0 Å². The molecule has 0 aromatic rings. The number of nitrogens with one attached hydrogen (secondary N) is 1. The molecule has 0 saturated carbocycles. The van der Waals surface area contributed by atoms with Gasteiger partial charge in [-0.15, -0.1) is 0 Å². The van der Waals surface area contributed by atoms with Crippen LogP contribution >= 0.6 is 15.2 Å². The molecule has 0 saturated heterocycles. The van der Waals surface area contributed by atoms with Gasteiger partial charge in [0, 0.05) is 6.42 Å². The first-order chi connectivity index (χ1) is 8.09. The zero-order valence-electron chi connectivity index (χ0n) is 10.1. The molecule has 0 bridgehead atoms. The van der Waals surface area contributed by atoms with E-state index in [4.69, 9.17) is 19.6 Å². The Hall–Kier alpha value is 1.22. The summed E-state index contributed by atoms with van der Waals surface area (Å²) in [5.74, 6) is -3.52. The minimum atomic E-state index is -4.75. The van der Waals surface area contributed by atoms with Gasteiger partial charge in [-0.3, -0.25) is 9.13 Å². The molecule has 0 aromatic carbocycles. The van der Waals surface area contributed by atoms with Crippen LogP contribution in [0, 0.1) is 0 Å². The first-order valence-corrected chi connectivity index (χ1v) is 8.97. The third-order valence-electron chi connectivity index (χ3n) is 2.39. The molecule has 0 aliphatic carbocycles. The number of hydrogen-bond donors (Lipinski definition) is 6. The maximum atomic E-state index is 11.1.